The van der Waals surface area contributed by atoms with Gasteiger partial charge in [-0.05, 0) is 35.6 Å². The van der Waals surface area contributed by atoms with Crippen LogP contribution in [0.4, 0.5) is 4.79 Å². The smallest absolute Gasteiger partial charge is 0.408 e. The highest BCUT2D eigenvalue weighted by Gasteiger charge is 2.48. The van der Waals surface area contributed by atoms with E-state index in [1.54, 1.807) is 31.2 Å². The Morgan fingerprint density at radius 2 is 1.17 bits per heavy atom. The number of hydrogen-bond donors (Lipinski definition) is 4. The molecule has 60 heavy (non-hydrogen) atoms. The van der Waals surface area contributed by atoms with Crippen molar-refractivity contribution in [1.29, 1.82) is 0 Å². The lowest BCUT2D eigenvalue weighted by Crippen LogP contribution is -2.61. The van der Waals surface area contributed by atoms with Crippen molar-refractivity contribution in [3.05, 3.63) is 144 Å². The van der Waals surface area contributed by atoms with Gasteiger partial charge in [0.15, 0.2) is 6.29 Å². The molecule has 5 rings (SSSR count). The maximum Gasteiger partial charge on any atom is 0.408 e. The molecule has 0 saturated carbocycles. The Morgan fingerprint density at radius 1 is 0.633 bits per heavy atom. The Morgan fingerprint density at radius 3 is 1.72 bits per heavy atom. The Labute approximate surface area is 350 Å². The van der Waals surface area contributed by atoms with E-state index in [1.807, 2.05) is 104 Å². The van der Waals surface area contributed by atoms with Crippen molar-refractivity contribution in [1.82, 2.24) is 16.0 Å². The summed E-state index contributed by atoms with van der Waals surface area (Å²) < 4.78 is 35.1. The largest absolute Gasteiger partial charge is 0.461 e. The lowest BCUT2D eigenvalue weighted by atomic mass is 9.98. The molecule has 1 fully saturated rings. The predicted molar refractivity (Wildman–Crippen MR) is 221 cm³/mol. The Balaban J connectivity index is 1.21. The molecule has 14 heteroatoms. The van der Waals surface area contributed by atoms with Crippen LogP contribution in [0.1, 0.15) is 42.5 Å². The molecule has 14 nitrogen and oxygen atoms in total. The van der Waals surface area contributed by atoms with Crippen LogP contribution in [0.2, 0.25) is 0 Å². The van der Waals surface area contributed by atoms with E-state index < -0.39 is 73.2 Å². The van der Waals surface area contributed by atoms with Crippen molar-refractivity contribution < 1.29 is 52.7 Å². The van der Waals surface area contributed by atoms with E-state index in [0.717, 1.165) is 22.3 Å². The minimum absolute atomic E-state index is 0.00265. The van der Waals surface area contributed by atoms with Crippen molar-refractivity contribution in [3.63, 3.8) is 0 Å². The molecule has 7 atom stereocenters. The van der Waals surface area contributed by atoms with Gasteiger partial charge in [0.2, 0.25) is 11.8 Å². The highest BCUT2D eigenvalue weighted by atomic mass is 16.7. The first-order valence-electron chi connectivity index (χ1n) is 20.2. The number of amides is 3. The lowest BCUT2D eigenvalue weighted by molar-refractivity contribution is -0.317. The SMILES string of the molecule is CCCO[C@H]1[C@H](O)[C@@H](COC(=O)CNC(=O)[C@H](Cc2ccccc2)NC(=O)[C@H](Cc2ccccc2)NC(=O)OCc2ccccc2)OC(OCC)[C@@H]1OCc1ccccc1. The number of alkyl carbamates (subject to hydrolysis) is 1. The average Bonchev–Trinajstić information content (AvgIpc) is 3.27. The standard InChI is InChI=1S/C46H55N3O11/c1-3-25-56-41-40(51)38(60-45(55-4-2)42(41)58-29-34-21-13-7-14-22-34)31-57-39(50)28-47-43(52)36(26-32-17-9-5-10-18-32)48-44(53)37(27-33-19-11-6-12-20-33)49-46(54)59-30-35-23-15-8-16-24-35/h5-24,36-38,40-42,45,51H,3-4,25-31H2,1-2H3,(H,47,52)(H,48,53)(H,49,54)/t36-,37-,38+,40+,41-,42+,45?/m0/s1. The molecule has 1 saturated heterocycles. The molecule has 0 bridgehead atoms. The van der Waals surface area contributed by atoms with E-state index in [0.29, 0.717) is 13.0 Å². The molecule has 1 heterocycles. The summed E-state index contributed by atoms with van der Waals surface area (Å²) in [5.41, 5.74) is 3.21. The lowest BCUT2D eigenvalue weighted by Gasteiger charge is -2.43. The van der Waals surface area contributed by atoms with Gasteiger partial charge >= 0.3 is 12.1 Å². The first-order chi connectivity index (χ1) is 29.2. The monoisotopic (exact) mass is 825 g/mol. The average molecular weight is 826 g/mol. The van der Waals surface area contributed by atoms with Gasteiger partial charge < -0.3 is 49.5 Å². The third-order valence-electron chi connectivity index (χ3n) is 9.58. The summed E-state index contributed by atoms with van der Waals surface area (Å²) >= 11 is 0. The third kappa shape index (κ3) is 14.6. The number of ether oxygens (including phenoxy) is 6. The van der Waals surface area contributed by atoms with Crippen LogP contribution in [-0.2, 0) is 68.9 Å². The molecular weight excluding hydrogens is 771 g/mol. The predicted octanol–water partition coefficient (Wildman–Crippen LogP) is 4.41. The highest BCUT2D eigenvalue weighted by Crippen LogP contribution is 2.28. The molecule has 0 spiro atoms. The number of aliphatic hydroxyl groups is 1. The van der Waals surface area contributed by atoms with Gasteiger partial charge in [-0.1, -0.05) is 128 Å². The minimum atomic E-state index is -1.24. The molecule has 4 aromatic rings. The molecule has 0 radical (unpaired) electrons. The minimum Gasteiger partial charge on any atom is -0.461 e. The highest BCUT2D eigenvalue weighted by molar-refractivity contribution is 5.92. The maximum atomic E-state index is 13.9. The van der Waals surface area contributed by atoms with Gasteiger partial charge in [-0.2, -0.15) is 0 Å². The van der Waals surface area contributed by atoms with Crippen LogP contribution in [0.3, 0.4) is 0 Å². The van der Waals surface area contributed by atoms with E-state index in [-0.39, 0.29) is 39.3 Å². The number of aliphatic hydroxyl groups excluding tert-OH is 1. The van der Waals surface area contributed by atoms with Crippen molar-refractivity contribution in [2.45, 2.75) is 89.1 Å². The number of nitrogens with one attached hydrogen (secondary N) is 3. The van der Waals surface area contributed by atoms with E-state index >= 15 is 0 Å². The second-order valence-electron chi connectivity index (χ2n) is 14.2. The first kappa shape index (κ1) is 45.4. The molecule has 1 unspecified atom stereocenters. The van der Waals surface area contributed by atoms with Crippen LogP contribution in [0.25, 0.3) is 0 Å². The second-order valence-corrected chi connectivity index (χ2v) is 14.2. The Kier molecular flexibility index (Phi) is 18.5. The molecule has 1 aliphatic rings. The normalized spacial score (nSPS) is 19.6. The molecule has 1 aliphatic heterocycles. The number of rotatable bonds is 22. The van der Waals surface area contributed by atoms with Gasteiger partial charge in [-0.25, -0.2) is 4.79 Å². The van der Waals surface area contributed by atoms with Gasteiger partial charge in [-0.3, -0.25) is 14.4 Å². The molecule has 320 valence electrons. The van der Waals surface area contributed by atoms with Crippen molar-refractivity contribution in [2.75, 3.05) is 26.4 Å². The third-order valence-corrected chi connectivity index (χ3v) is 9.58. The summed E-state index contributed by atoms with van der Waals surface area (Å²) in [6.45, 7) is 3.68. The Hall–Kier alpha value is -5.64. The maximum absolute atomic E-state index is 13.9. The summed E-state index contributed by atoms with van der Waals surface area (Å²) in [6, 6.07) is 34.6. The second kappa shape index (κ2) is 24.4. The van der Waals surface area contributed by atoms with Crippen LogP contribution in [0.5, 0.6) is 0 Å². The zero-order valence-electron chi connectivity index (χ0n) is 34.0. The molecule has 0 aromatic heterocycles. The fourth-order valence-electron chi connectivity index (χ4n) is 6.52. The van der Waals surface area contributed by atoms with Gasteiger partial charge in [-0.15, -0.1) is 0 Å². The topological polar surface area (TPSA) is 180 Å². The van der Waals surface area contributed by atoms with Gasteiger partial charge in [0.1, 0.15) is 56.3 Å². The van der Waals surface area contributed by atoms with Crippen LogP contribution in [-0.4, -0.2) is 98.1 Å². The number of carbonyl (C=O) groups is 4. The summed E-state index contributed by atoms with van der Waals surface area (Å²) in [5.74, 6) is -2.10. The van der Waals surface area contributed by atoms with Crippen LogP contribution in [0, 0.1) is 0 Å². The molecule has 3 amide bonds. The number of carbonyl (C=O) groups excluding carboxylic acids is 4. The quantitative estimate of drug-likeness (QED) is 0.0825. The first-order valence-corrected chi connectivity index (χ1v) is 20.2. The summed E-state index contributed by atoms with van der Waals surface area (Å²) in [4.78, 5) is 53.6. The van der Waals surface area contributed by atoms with Gasteiger partial charge in [0.25, 0.3) is 0 Å². The summed E-state index contributed by atoms with van der Waals surface area (Å²) in [5, 5.41) is 19.4. The van der Waals surface area contributed by atoms with Crippen molar-refractivity contribution in [2.24, 2.45) is 0 Å². The van der Waals surface area contributed by atoms with Crippen LogP contribution in [0.15, 0.2) is 121 Å². The number of benzene rings is 4. The molecular formula is C46H55N3O11. The van der Waals surface area contributed by atoms with E-state index in [4.69, 9.17) is 28.4 Å². The Bertz CT molecular complexity index is 1890. The molecule has 4 aromatic carbocycles. The zero-order valence-corrected chi connectivity index (χ0v) is 34.0. The zero-order chi connectivity index (χ0) is 42.5. The molecule has 4 N–H and O–H groups in total. The number of hydrogen-bond acceptors (Lipinski definition) is 11. The molecule has 0 aliphatic carbocycles. The van der Waals surface area contributed by atoms with Crippen LogP contribution < -0.4 is 16.0 Å². The van der Waals surface area contributed by atoms with E-state index in [2.05, 4.69) is 16.0 Å². The van der Waals surface area contributed by atoms with Gasteiger partial charge in [0, 0.05) is 26.1 Å². The fourth-order valence-corrected chi connectivity index (χ4v) is 6.52. The van der Waals surface area contributed by atoms with Crippen LogP contribution >= 0.6 is 0 Å². The summed E-state index contributed by atoms with van der Waals surface area (Å²) in [7, 11) is 0. The van der Waals surface area contributed by atoms with Crippen molar-refractivity contribution >= 4 is 23.9 Å². The van der Waals surface area contributed by atoms with Crippen molar-refractivity contribution in [3.8, 4) is 0 Å². The summed E-state index contributed by atoms with van der Waals surface area (Å²) in [6.07, 6.45) is -4.76. The van der Waals surface area contributed by atoms with Gasteiger partial charge in [0.05, 0.1) is 6.61 Å². The van der Waals surface area contributed by atoms with E-state index in [9.17, 15) is 24.3 Å². The fraction of sp³-hybridized carbons (Fsp3) is 0.391. The number of esters is 1. The van der Waals surface area contributed by atoms with E-state index in [1.165, 1.54) is 0 Å².